The maximum atomic E-state index is 11.5. The Morgan fingerprint density at radius 3 is 2.60 bits per heavy atom. The van der Waals surface area contributed by atoms with Crippen LogP contribution in [0.1, 0.15) is 11.9 Å². The molecule has 104 valence electrons. The van der Waals surface area contributed by atoms with Crippen molar-refractivity contribution in [1.82, 2.24) is 9.78 Å². The number of nitroso groups, excluding NO2 is 1. The number of carbonyl (C=O) groups is 1. The Kier molecular flexibility index (Phi) is 4.14. The lowest BCUT2D eigenvalue weighted by Crippen LogP contribution is -2.20. The van der Waals surface area contributed by atoms with Gasteiger partial charge < -0.3 is 4.74 Å². The molecule has 1 atom stereocenters. The normalized spacial score (nSPS) is 11.9. The van der Waals surface area contributed by atoms with Crippen molar-refractivity contribution in [2.24, 2.45) is 5.18 Å². The number of benzene rings is 1. The number of carbonyl (C=O) groups excluding carboxylic acids is 1. The molecule has 0 saturated carbocycles. The van der Waals surface area contributed by atoms with Gasteiger partial charge in [-0.15, -0.1) is 4.91 Å². The highest BCUT2D eigenvalue weighted by Gasteiger charge is 2.25. The molecule has 2 rings (SSSR count). The first-order chi connectivity index (χ1) is 9.56. The van der Waals surface area contributed by atoms with Crippen molar-refractivity contribution in [2.45, 2.75) is 13.1 Å². The van der Waals surface area contributed by atoms with Crippen LogP contribution in [0, 0.1) is 11.8 Å². The SMILES string of the molecule is COC(=O)C(N=O)n1nc(-c2ccc(Cl)cc2)cc1C. The maximum Gasteiger partial charge on any atom is 0.357 e. The summed E-state index contributed by atoms with van der Waals surface area (Å²) in [5.41, 5.74) is 2.08. The van der Waals surface area contributed by atoms with Crippen molar-refractivity contribution in [3.63, 3.8) is 0 Å². The largest absolute Gasteiger partial charge is 0.466 e. The van der Waals surface area contributed by atoms with Gasteiger partial charge >= 0.3 is 5.97 Å². The predicted molar refractivity (Wildman–Crippen MR) is 74.3 cm³/mol. The van der Waals surface area contributed by atoms with Crippen molar-refractivity contribution in [3.05, 3.63) is 46.0 Å². The Morgan fingerprint density at radius 2 is 2.05 bits per heavy atom. The fourth-order valence-electron chi connectivity index (χ4n) is 1.79. The van der Waals surface area contributed by atoms with Crippen LogP contribution in [0.2, 0.25) is 5.02 Å². The van der Waals surface area contributed by atoms with Crippen LogP contribution in [0.5, 0.6) is 0 Å². The number of ether oxygens (including phenoxy) is 1. The van der Waals surface area contributed by atoms with E-state index < -0.39 is 12.1 Å². The van der Waals surface area contributed by atoms with Crippen molar-refractivity contribution < 1.29 is 9.53 Å². The number of esters is 1. The van der Waals surface area contributed by atoms with Gasteiger partial charge in [-0.2, -0.15) is 5.10 Å². The van der Waals surface area contributed by atoms with Crippen LogP contribution in [0.3, 0.4) is 0 Å². The monoisotopic (exact) mass is 293 g/mol. The molecule has 0 saturated heterocycles. The van der Waals surface area contributed by atoms with Gasteiger partial charge in [0.15, 0.2) is 0 Å². The minimum Gasteiger partial charge on any atom is -0.466 e. The van der Waals surface area contributed by atoms with Gasteiger partial charge in [0.05, 0.1) is 12.8 Å². The summed E-state index contributed by atoms with van der Waals surface area (Å²) in [4.78, 5) is 22.3. The number of aryl methyl sites for hydroxylation is 1. The van der Waals surface area contributed by atoms with Crippen LogP contribution in [0.25, 0.3) is 11.3 Å². The number of nitrogens with zero attached hydrogens (tertiary/aromatic N) is 3. The molecule has 0 radical (unpaired) electrons. The zero-order valence-corrected chi connectivity index (χ0v) is 11.7. The number of rotatable bonds is 4. The Morgan fingerprint density at radius 1 is 1.40 bits per heavy atom. The third kappa shape index (κ3) is 2.70. The molecule has 6 nitrogen and oxygen atoms in total. The van der Waals surface area contributed by atoms with Crippen molar-refractivity contribution in [2.75, 3.05) is 7.11 Å². The zero-order chi connectivity index (χ0) is 14.7. The quantitative estimate of drug-likeness (QED) is 0.641. The molecule has 0 aliphatic rings. The van der Waals surface area contributed by atoms with Crippen LogP contribution in [0.15, 0.2) is 35.5 Å². The van der Waals surface area contributed by atoms with Crippen LogP contribution >= 0.6 is 11.6 Å². The molecule has 1 heterocycles. The summed E-state index contributed by atoms with van der Waals surface area (Å²) >= 11 is 5.83. The summed E-state index contributed by atoms with van der Waals surface area (Å²) < 4.78 is 5.77. The minimum atomic E-state index is -1.32. The van der Waals surface area contributed by atoms with Gasteiger partial charge in [-0.25, -0.2) is 9.48 Å². The summed E-state index contributed by atoms with van der Waals surface area (Å²) in [7, 11) is 1.19. The van der Waals surface area contributed by atoms with Crippen LogP contribution in [0.4, 0.5) is 0 Å². The second-order valence-electron chi connectivity index (χ2n) is 4.12. The van der Waals surface area contributed by atoms with Crippen molar-refractivity contribution >= 4 is 17.6 Å². The highest BCUT2D eigenvalue weighted by atomic mass is 35.5. The van der Waals surface area contributed by atoms with E-state index in [-0.39, 0.29) is 0 Å². The van der Waals surface area contributed by atoms with Crippen LogP contribution in [-0.2, 0) is 9.53 Å². The Bertz CT molecular complexity index is 637. The van der Waals surface area contributed by atoms with E-state index in [0.29, 0.717) is 16.4 Å². The molecule has 0 aliphatic heterocycles. The lowest BCUT2D eigenvalue weighted by Gasteiger charge is -2.08. The fourth-order valence-corrected chi connectivity index (χ4v) is 1.92. The molecular weight excluding hydrogens is 282 g/mol. The molecule has 2 aromatic rings. The number of aromatic nitrogens is 2. The molecule has 1 aromatic carbocycles. The number of halogens is 1. The van der Waals surface area contributed by atoms with Crippen LogP contribution < -0.4 is 0 Å². The average Bonchev–Trinajstić information content (AvgIpc) is 2.82. The van der Waals surface area contributed by atoms with Crippen LogP contribution in [-0.4, -0.2) is 22.9 Å². The number of methoxy groups -OCH3 is 1. The second-order valence-corrected chi connectivity index (χ2v) is 4.56. The molecule has 0 fully saturated rings. The first-order valence-electron chi connectivity index (χ1n) is 5.79. The first-order valence-corrected chi connectivity index (χ1v) is 6.17. The topological polar surface area (TPSA) is 73.5 Å². The molecule has 0 spiro atoms. The minimum absolute atomic E-state index is 0.618. The number of hydrogen-bond donors (Lipinski definition) is 0. The molecule has 0 amide bonds. The summed E-state index contributed by atoms with van der Waals surface area (Å²) in [6.07, 6.45) is -1.32. The molecular formula is C13H12ClN3O3. The van der Waals surface area contributed by atoms with E-state index in [2.05, 4.69) is 15.0 Å². The summed E-state index contributed by atoms with van der Waals surface area (Å²) in [5.74, 6) is -0.756. The van der Waals surface area contributed by atoms with E-state index in [1.165, 1.54) is 11.8 Å². The molecule has 0 N–H and O–H groups in total. The van der Waals surface area contributed by atoms with Gasteiger partial charge in [0.2, 0.25) is 0 Å². The lowest BCUT2D eigenvalue weighted by molar-refractivity contribution is -0.144. The highest BCUT2D eigenvalue weighted by molar-refractivity contribution is 6.30. The van der Waals surface area contributed by atoms with E-state index in [4.69, 9.17) is 11.6 Å². The number of hydrogen-bond acceptors (Lipinski definition) is 5. The third-order valence-corrected chi connectivity index (χ3v) is 3.06. The van der Waals surface area contributed by atoms with E-state index >= 15 is 0 Å². The van der Waals surface area contributed by atoms with Crippen molar-refractivity contribution in [3.8, 4) is 11.3 Å². The lowest BCUT2D eigenvalue weighted by atomic mass is 10.1. The fraction of sp³-hybridized carbons (Fsp3) is 0.231. The molecule has 0 bridgehead atoms. The van der Waals surface area contributed by atoms with Gasteiger partial charge in [0, 0.05) is 16.3 Å². The molecule has 1 unspecified atom stereocenters. The van der Waals surface area contributed by atoms with E-state index in [1.54, 1.807) is 37.3 Å². The van der Waals surface area contributed by atoms with E-state index in [0.717, 1.165) is 5.56 Å². The van der Waals surface area contributed by atoms with Gasteiger partial charge in [0.25, 0.3) is 6.17 Å². The standard InChI is InChI=1S/C13H12ClN3O3/c1-8-7-11(9-3-5-10(14)6-4-9)15-17(8)12(16-19)13(18)20-2/h3-7,12H,1-2H3. The molecule has 0 aliphatic carbocycles. The molecule has 1 aromatic heterocycles. The zero-order valence-electron chi connectivity index (χ0n) is 10.9. The van der Waals surface area contributed by atoms with Gasteiger partial charge in [-0.3, -0.25) is 0 Å². The first kappa shape index (κ1) is 14.2. The molecule has 20 heavy (non-hydrogen) atoms. The summed E-state index contributed by atoms with van der Waals surface area (Å²) in [5, 5.41) is 7.61. The average molecular weight is 294 g/mol. The molecule has 7 heteroatoms. The Balaban J connectivity index is 2.40. The van der Waals surface area contributed by atoms with Gasteiger partial charge in [-0.05, 0) is 30.3 Å². The maximum absolute atomic E-state index is 11.5. The van der Waals surface area contributed by atoms with Crippen molar-refractivity contribution in [1.29, 1.82) is 0 Å². The van der Waals surface area contributed by atoms with E-state index in [9.17, 15) is 9.70 Å². The Hall–Kier alpha value is -2.21. The van der Waals surface area contributed by atoms with Gasteiger partial charge in [0.1, 0.15) is 0 Å². The highest BCUT2D eigenvalue weighted by Crippen LogP contribution is 2.23. The Labute approximate surface area is 120 Å². The second kappa shape index (κ2) is 5.83. The summed E-state index contributed by atoms with van der Waals surface area (Å²) in [6.45, 7) is 1.73. The predicted octanol–water partition coefficient (Wildman–Crippen LogP) is 2.95. The summed E-state index contributed by atoms with van der Waals surface area (Å²) in [6, 6.07) is 8.83. The van der Waals surface area contributed by atoms with Gasteiger partial charge in [-0.1, -0.05) is 23.7 Å². The smallest absolute Gasteiger partial charge is 0.357 e. The third-order valence-electron chi connectivity index (χ3n) is 2.81. The van der Waals surface area contributed by atoms with E-state index in [1.807, 2.05) is 0 Å².